The molecule has 2 rings (SSSR count). The van der Waals surface area contributed by atoms with Gasteiger partial charge in [0, 0.05) is 11.5 Å². The van der Waals surface area contributed by atoms with Crippen molar-refractivity contribution in [3.63, 3.8) is 0 Å². The first-order valence-electron chi connectivity index (χ1n) is 6.14. The molecule has 112 valence electrons. The third-order valence-electron chi connectivity index (χ3n) is 2.95. The van der Waals surface area contributed by atoms with Crippen molar-refractivity contribution in [3.8, 4) is 11.5 Å². The maximum Gasteiger partial charge on any atom is 0.325 e. The van der Waals surface area contributed by atoms with Gasteiger partial charge in [-0.25, -0.2) is 4.98 Å². The first kappa shape index (κ1) is 14.6. The van der Waals surface area contributed by atoms with E-state index in [1.54, 1.807) is 12.1 Å². The van der Waals surface area contributed by atoms with Crippen molar-refractivity contribution in [2.45, 2.75) is 13.0 Å². The maximum absolute atomic E-state index is 10.9. The molecule has 0 saturated carbocycles. The fourth-order valence-electron chi connectivity index (χ4n) is 1.80. The average molecular weight is 292 g/mol. The van der Waals surface area contributed by atoms with Crippen LogP contribution in [0.15, 0.2) is 12.1 Å². The first-order chi connectivity index (χ1) is 9.96. The van der Waals surface area contributed by atoms with E-state index in [9.17, 15) is 4.79 Å². The van der Waals surface area contributed by atoms with Crippen LogP contribution in [0, 0.1) is 0 Å². The average Bonchev–Trinajstić information content (AvgIpc) is 2.45. The summed E-state index contributed by atoms with van der Waals surface area (Å²) in [6.07, 6.45) is 0. The molecule has 0 saturated heterocycles. The molecule has 2 aromatic rings. The second kappa shape index (κ2) is 5.70. The van der Waals surface area contributed by atoms with Crippen molar-refractivity contribution in [2.24, 2.45) is 0 Å². The highest BCUT2D eigenvalue weighted by atomic mass is 16.5. The molecule has 1 atom stereocenters. The van der Waals surface area contributed by atoms with Gasteiger partial charge >= 0.3 is 5.97 Å². The monoisotopic (exact) mass is 292 g/mol. The van der Waals surface area contributed by atoms with E-state index in [1.807, 2.05) is 0 Å². The maximum atomic E-state index is 10.9. The fourth-order valence-corrected chi connectivity index (χ4v) is 1.80. The number of carboxylic acids is 1. The minimum atomic E-state index is -1.01. The number of aromatic nitrogens is 2. The van der Waals surface area contributed by atoms with Crippen molar-refractivity contribution in [3.05, 3.63) is 12.1 Å². The number of anilines is 2. The van der Waals surface area contributed by atoms with Crippen molar-refractivity contribution in [2.75, 3.05) is 25.3 Å². The molecule has 0 amide bonds. The van der Waals surface area contributed by atoms with E-state index in [2.05, 4.69) is 15.3 Å². The van der Waals surface area contributed by atoms with Gasteiger partial charge in [0.2, 0.25) is 5.95 Å². The van der Waals surface area contributed by atoms with E-state index in [1.165, 1.54) is 21.1 Å². The van der Waals surface area contributed by atoms with Crippen LogP contribution in [-0.2, 0) is 4.79 Å². The lowest BCUT2D eigenvalue weighted by Crippen LogP contribution is -2.26. The normalized spacial score (nSPS) is 12.0. The van der Waals surface area contributed by atoms with Gasteiger partial charge < -0.3 is 25.6 Å². The number of carboxylic acid groups (broad SMARTS) is 1. The number of nitrogens with one attached hydrogen (secondary N) is 1. The zero-order valence-electron chi connectivity index (χ0n) is 11.9. The molecule has 1 aromatic carbocycles. The van der Waals surface area contributed by atoms with Crippen LogP contribution in [0.3, 0.4) is 0 Å². The van der Waals surface area contributed by atoms with Crippen molar-refractivity contribution >= 4 is 28.6 Å². The Morgan fingerprint density at radius 3 is 2.48 bits per heavy atom. The smallest absolute Gasteiger partial charge is 0.325 e. The summed E-state index contributed by atoms with van der Waals surface area (Å²) >= 11 is 0. The van der Waals surface area contributed by atoms with Crippen LogP contribution in [0.2, 0.25) is 0 Å². The van der Waals surface area contributed by atoms with E-state index in [0.29, 0.717) is 22.4 Å². The molecule has 0 radical (unpaired) electrons. The highest BCUT2D eigenvalue weighted by Gasteiger charge is 2.15. The number of benzene rings is 1. The molecule has 0 aliphatic carbocycles. The van der Waals surface area contributed by atoms with Gasteiger partial charge in [0.1, 0.15) is 11.9 Å². The molecule has 0 unspecified atom stereocenters. The third-order valence-corrected chi connectivity index (χ3v) is 2.95. The molecular weight excluding hydrogens is 276 g/mol. The number of nitrogen functional groups attached to an aromatic ring is 1. The summed E-state index contributed by atoms with van der Waals surface area (Å²) in [5.74, 6) is 0.369. The van der Waals surface area contributed by atoms with E-state index in [0.717, 1.165) is 0 Å². The van der Waals surface area contributed by atoms with Gasteiger partial charge in [0.05, 0.1) is 19.7 Å². The topological polar surface area (TPSA) is 120 Å². The molecule has 0 spiro atoms. The first-order valence-corrected chi connectivity index (χ1v) is 6.14. The molecular formula is C13H16N4O4. The fraction of sp³-hybridized carbons (Fsp3) is 0.308. The number of hydrogen-bond donors (Lipinski definition) is 3. The second-order valence-electron chi connectivity index (χ2n) is 4.36. The Kier molecular flexibility index (Phi) is 3.97. The Hall–Kier alpha value is -2.77. The number of methoxy groups -OCH3 is 2. The molecule has 0 aliphatic heterocycles. The lowest BCUT2D eigenvalue weighted by atomic mass is 10.2. The highest BCUT2D eigenvalue weighted by Crippen LogP contribution is 2.33. The van der Waals surface area contributed by atoms with Gasteiger partial charge in [-0.05, 0) is 13.0 Å². The SMILES string of the molecule is COc1cc2nc(N[C@H](C)C(=O)O)nc(N)c2cc1OC. The molecule has 0 bridgehead atoms. The van der Waals surface area contributed by atoms with E-state index in [4.69, 9.17) is 20.3 Å². The highest BCUT2D eigenvalue weighted by molar-refractivity contribution is 5.92. The van der Waals surface area contributed by atoms with E-state index in [-0.39, 0.29) is 11.8 Å². The number of nitrogens with two attached hydrogens (primary N) is 1. The molecule has 0 fully saturated rings. The number of hydrogen-bond acceptors (Lipinski definition) is 7. The lowest BCUT2D eigenvalue weighted by molar-refractivity contribution is -0.137. The van der Waals surface area contributed by atoms with E-state index < -0.39 is 12.0 Å². The predicted octanol–water partition coefficient (Wildman–Crippen LogP) is 1.11. The molecule has 4 N–H and O–H groups in total. The number of fused-ring (bicyclic) bond motifs is 1. The van der Waals surface area contributed by atoms with Crippen LogP contribution in [0.1, 0.15) is 6.92 Å². The van der Waals surface area contributed by atoms with Gasteiger partial charge in [-0.2, -0.15) is 4.98 Å². The predicted molar refractivity (Wildman–Crippen MR) is 77.8 cm³/mol. The Balaban J connectivity index is 2.51. The van der Waals surface area contributed by atoms with Gasteiger partial charge in [0.15, 0.2) is 11.5 Å². The second-order valence-corrected chi connectivity index (χ2v) is 4.36. The van der Waals surface area contributed by atoms with Gasteiger partial charge in [-0.3, -0.25) is 4.79 Å². The van der Waals surface area contributed by atoms with Crippen LogP contribution in [0.4, 0.5) is 11.8 Å². The molecule has 8 heteroatoms. The summed E-state index contributed by atoms with van der Waals surface area (Å²) in [4.78, 5) is 19.1. The summed E-state index contributed by atoms with van der Waals surface area (Å²) < 4.78 is 10.4. The van der Waals surface area contributed by atoms with Gasteiger partial charge in [-0.15, -0.1) is 0 Å². The number of aliphatic carboxylic acids is 1. The van der Waals surface area contributed by atoms with Crippen molar-refractivity contribution in [1.82, 2.24) is 9.97 Å². The summed E-state index contributed by atoms with van der Waals surface area (Å²) in [5, 5.41) is 12.2. The van der Waals surface area contributed by atoms with Gasteiger partial charge in [-0.1, -0.05) is 0 Å². The van der Waals surface area contributed by atoms with Crippen LogP contribution in [-0.4, -0.2) is 41.3 Å². The Labute approximate surface area is 120 Å². The summed E-state index contributed by atoms with van der Waals surface area (Å²) in [6, 6.07) is 2.50. The molecule has 0 aliphatic rings. The minimum absolute atomic E-state index is 0.141. The zero-order valence-corrected chi connectivity index (χ0v) is 11.9. The molecule has 8 nitrogen and oxygen atoms in total. The molecule has 21 heavy (non-hydrogen) atoms. The Morgan fingerprint density at radius 2 is 1.90 bits per heavy atom. The van der Waals surface area contributed by atoms with Crippen molar-refractivity contribution in [1.29, 1.82) is 0 Å². The zero-order chi connectivity index (χ0) is 15.6. The van der Waals surface area contributed by atoms with Crippen LogP contribution in [0.5, 0.6) is 11.5 Å². The summed E-state index contributed by atoms with van der Waals surface area (Å²) in [6.45, 7) is 1.49. The standard InChI is InChI=1S/C13H16N4O4/c1-6(12(18)19)15-13-16-8-5-10(21-3)9(20-2)4-7(8)11(14)17-13/h4-6H,1-3H3,(H,18,19)(H3,14,15,16,17)/t6-/m1/s1. The third kappa shape index (κ3) is 2.88. The van der Waals surface area contributed by atoms with Crippen LogP contribution >= 0.6 is 0 Å². The quantitative estimate of drug-likeness (QED) is 0.749. The Morgan fingerprint density at radius 1 is 1.29 bits per heavy atom. The molecule has 1 aromatic heterocycles. The van der Waals surface area contributed by atoms with Crippen LogP contribution < -0.4 is 20.5 Å². The number of ether oxygens (including phenoxy) is 2. The van der Waals surface area contributed by atoms with Crippen LogP contribution in [0.25, 0.3) is 10.9 Å². The number of carbonyl (C=O) groups is 1. The summed E-state index contributed by atoms with van der Waals surface area (Å²) in [5.41, 5.74) is 6.42. The number of nitrogens with zero attached hydrogens (tertiary/aromatic N) is 2. The van der Waals surface area contributed by atoms with Crippen molar-refractivity contribution < 1.29 is 19.4 Å². The summed E-state index contributed by atoms with van der Waals surface area (Å²) in [7, 11) is 3.03. The Bertz CT molecular complexity index is 689. The number of rotatable bonds is 5. The largest absolute Gasteiger partial charge is 0.493 e. The minimum Gasteiger partial charge on any atom is -0.493 e. The molecule has 1 heterocycles. The van der Waals surface area contributed by atoms with Gasteiger partial charge in [0.25, 0.3) is 0 Å². The van der Waals surface area contributed by atoms with E-state index >= 15 is 0 Å². The lowest BCUT2D eigenvalue weighted by Gasteiger charge is -2.13.